The van der Waals surface area contributed by atoms with Gasteiger partial charge in [-0.25, -0.2) is 0 Å². The highest BCUT2D eigenvalue weighted by atomic mass is 16.2. The number of carbonyl (C=O) groups is 1. The van der Waals surface area contributed by atoms with Gasteiger partial charge in [0.15, 0.2) is 0 Å². The lowest BCUT2D eigenvalue weighted by atomic mass is 10.0. The summed E-state index contributed by atoms with van der Waals surface area (Å²) in [7, 11) is 0. The quantitative estimate of drug-likeness (QED) is 0.876. The van der Waals surface area contributed by atoms with Gasteiger partial charge in [0.25, 0.3) is 5.91 Å². The Morgan fingerprint density at radius 1 is 1.10 bits per heavy atom. The zero-order valence-corrected chi connectivity index (χ0v) is 11.6. The lowest BCUT2D eigenvalue weighted by Gasteiger charge is -2.09. The van der Waals surface area contributed by atoms with Gasteiger partial charge in [-0.15, -0.1) is 0 Å². The average molecular weight is 269 g/mol. The van der Waals surface area contributed by atoms with E-state index in [-0.39, 0.29) is 12.5 Å². The third kappa shape index (κ3) is 3.45. The lowest BCUT2D eigenvalue weighted by Crippen LogP contribution is -2.14. The van der Waals surface area contributed by atoms with Crippen LogP contribution in [0.5, 0.6) is 0 Å². The Hall–Kier alpha value is -2.13. The number of benzene rings is 2. The van der Waals surface area contributed by atoms with Crippen LogP contribution in [-0.4, -0.2) is 17.6 Å². The molecule has 20 heavy (non-hydrogen) atoms. The Labute approximate surface area is 119 Å². The molecule has 104 valence electrons. The molecule has 2 aromatic rings. The maximum Gasteiger partial charge on any atom is 0.255 e. The van der Waals surface area contributed by atoms with Crippen LogP contribution in [0.1, 0.15) is 28.4 Å². The second kappa shape index (κ2) is 6.87. The molecule has 3 heteroatoms. The summed E-state index contributed by atoms with van der Waals surface area (Å²) in [5.41, 5.74) is 3.58. The Morgan fingerprint density at radius 3 is 2.45 bits per heavy atom. The fourth-order valence-corrected chi connectivity index (χ4v) is 2.13. The van der Waals surface area contributed by atoms with Crippen LogP contribution in [0.15, 0.2) is 48.5 Å². The van der Waals surface area contributed by atoms with Crippen LogP contribution in [0.2, 0.25) is 0 Å². The van der Waals surface area contributed by atoms with E-state index < -0.39 is 0 Å². The van der Waals surface area contributed by atoms with Crippen molar-refractivity contribution in [3.05, 3.63) is 65.2 Å². The minimum atomic E-state index is -0.0858. The lowest BCUT2D eigenvalue weighted by molar-refractivity contribution is 0.102. The van der Waals surface area contributed by atoms with Gasteiger partial charge in [0.1, 0.15) is 0 Å². The molecule has 0 aromatic heterocycles. The first-order valence-corrected chi connectivity index (χ1v) is 6.83. The maximum absolute atomic E-state index is 12.3. The molecular weight excluding hydrogens is 250 g/mol. The van der Waals surface area contributed by atoms with Gasteiger partial charge in [-0.2, -0.15) is 0 Å². The predicted molar refractivity (Wildman–Crippen MR) is 81.0 cm³/mol. The number of aliphatic hydroxyl groups excluding tert-OH is 1. The van der Waals surface area contributed by atoms with Crippen molar-refractivity contribution < 1.29 is 9.90 Å². The molecular formula is C17H19NO2. The highest BCUT2D eigenvalue weighted by molar-refractivity contribution is 6.05. The molecule has 0 radical (unpaired) electrons. The van der Waals surface area contributed by atoms with Gasteiger partial charge in [0.05, 0.1) is 0 Å². The van der Waals surface area contributed by atoms with E-state index in [1.165, 1.54) is 0 Å². The monoisotopic (exact) mass is 269 g/mol. The van der Waals surface area contributed by atoms with Crippen LogP contribution in [0.25, 0.3) is 0 Å². The van der Waals surface area contributed by atoms with Gasteiger partial charge in [-0.3, -0.25) is 4.79 Å². The normalized spacial score (nSPS) is 10.3. The predicted octanol–water partition coefficient (Wildman–Crippen LogP) is 3.04. The summed E-state index contributed by atoms with van der Waals surface area (Å²) < 4.78 is 0. The molecule has 0 heterocycles. The van der Waals surface area contributed by atoms with E-state index in [2.05, 4.69) is 5.32 Å². The van der Waals surface area contributed by atoms with Crippen LogP contribution in [0.4, 0.5) is 5.69 Å². The number of rotatable bonds is 5. The van der Waals surface area contributed by atoms with Gasteiger partial charge < -0.3 is 10.4 Å². The fourth-order valence-electron chi connectivity index (χ4n) is 2.13. The van der Waals surface area contributed by atoms with E-state index in [0.29, 0.717) is 6.42 Å². The molecule has 2 aromatic carbocycles. The Morgan fingerprint density at radius 2 is 1.80 bits per heavy atom. The molecule has 3 nitrogen and oxygen atoms in total. The van der Waals surface area contributed by atoms with E-state index in [9.17, 15) is 4.79 Å². The molecule has 0 saturated carbocycles. The van der Waals surface area contributed by atoms with E-state index in [1.54, 1.807) is 0 Å². The van der Waals surface area contributed by atoms with Gasteiger partial charge in [0.2, 0.25) is 0 Å². The molecule has 0 unspecified atom stereocenters. The SMILES string of the molecule is CCc1ccccc1C(=O)Nc1ccc(CCO)cc1. The number of aliphatic hydroxyl groups is 1. The molecule has 0 saturated heterocycles. The molecule has 0 aliphatic rings. The molecule has 0 aliphatic heterocycles. The minimum absolute atomic E-state index is 0.0858. The molecule has 0 atom stereocenters. The summed E-state index contributed by atoms with van der Waals surface area (Å²) >= 11 is 0. The largest absolute Gasteiger partial charge is 0.396 e. The van der Waals surface area contributed by atoms with Crippen molar-refractivity contribution in [1.82, 2.24) is 0 Å². The first-order valence-electron chi connectivity index (χ1n) is 6.83. The molecule has 1 amide bonds. The number of hydrogen-bond acceptors (Lipinski definition) is 2. The van der Waals surface area contributed by atoms with Crippen molar-refractivity contribution in [2.45, 2.75) is 19.8 Å². The second-order valence-corrected chi connectivity index (χ2v) is 4.64. The summed E-state index contributed by atoms with van der Waals surface area (Å²) in [6.45, 7) is 2.17. The van der Waals surface area contributed by atoms with Crippen molar-refractivity contribution in [3.63, 3.8) is 0 Å². The number of amides is 1. The smallest absolute Gasteiger partial charge is 0.255 e. The highest BCUT2D eigenvalue weighted by Crippen LogP contribution is 2.14. The Kier molecular flexibility index (Phi) is 4.91. The second-order valence-electron chi connectivity index (χ2n) is 4.64. The number of hydrogen-bond donors (Lipinski definition) is 2. The molecule has 0 spiro atoms. The number of aryl methyl sites for hydroxylation is 1. The van der Waals surface area contributed by atoms with Crippen LogP contribution in [0.3, 0.4) is 0 Å². The average Bonchev–Trinajstić information content (AvgIpc) is 2.49. The highest BCUT2D eigenvalue weighted by Gasteiger charge is 2.09. The summed E-state index contributed by atoms with van der Waals surface area (Å²) in [4.78, 5) is 12.3. The number of anilines is 1. The summed E-state index contributed by atoms with van der Waals surface area (Å²) in [5.74, 6) is -0.0858. The van der Waals surface area contributed by atoms with Gasteiger partial charge in [0, 0.05) is 17.9 Å². The van der Waals surface area contributed by atoms with Crippen molar-refractivity contribution in [2.24, 2.45) is 0 Å². The van der Waals surface area contributed by atoms with Crippen LogP contribution in [0, 0.1) is 0 Å². The van der Waals surface area contributed by atoms with Crippen molar-refractivity contribution in [2.75, 3.05) is 11.9 Å². The van der Waals surface area contributed by atoms with Crippen LogP contribution < -0.4 is 5.32 Å². The van der Waals surface area contributed by atoms with Crippen LogP contribution in [-0.2, 0) is 12.8 Å². The van der Waals surface area contributed by atoms with Crippen molar-refractivity contribution in [3.8, 4) is 0 Å². The molecule has 0 fully saturated rings. The van der Waals surface area contributed by atoms with Crippen molar-refractivity contribution >= 4 is 11.6 Å². The summed E-state index contributed by atoms with van der Waals surface area (Å²) in [6.07, 6.45) is 1.46. The zero-order chi connectivity index (χ0) is 14.4. The summed E-state index contributed by atoms with van der Waals surface area (Å²) in [5, 5.41) is 11.8. The van der Waals surface area contributed by atoms with Crippen LogP contribution >= 0.6 is 0 Å². The molecule has 0 bridgehead atoms. The first kappa shape index (κ1) is 14.3. The Bertz CT molecular complexity index is 576. The molecule has 2 rings (SSSR count). The third-order valence-corrected chi connectivity index (χ3v) is 3.26. The Balaban J connectivity index is 2.11. The maximum atomic E-state index is 12.3. The molecule has 0 aliphatic carbocycles. The molecule has 2 N–H and O–H groups in total. The van der Waals surface area contributed by atoms with E-state index >= 15 is 0 Å². The fraction of sp³-hybridized carbons (Fsp3) is 0.235. The van der Waals surface area contributed by atoms with Crippen molar-refractivity contribution in [1.29, 1.82) is 0 Å². The number of carbonyl (C=O) groups excluding carboxylic acids is 1. The van der Waals surface area contributed by atoms with Gasteiger partial charge >= 0.3 is 0 Å². The topological polar surface area (TPSA) is 49.3 Å². The van der Waals surface area contributed by atoms with Gasteiger partial charge in [-0.1, -0.05) is 37.3 Å². The van der Waals surface area contributed by atoms with E-state index in [4.69, 9.17) is 5.11 Å². The van der Waals surface area contributed by atoms with E-state index in [1.807, 2.05) is 55.5 Å². The third-order valence-electron chi connectivity index (χ3n) is 3.26. The zero-order valence-electron chi connectivity index (χ0n) is 11.6. The van der Waals surface area contributed by atoms with Gasteiger partial charge in [-0.05, 0) is 42.2 Å². The number of nitrogens with one attached hydrogen (secondary N) is 1. The first-order chi connectivity index (χ1) is 9.74. The van der Waals surface area contributed by atoms with E-state index in [0.717, 1.165) is 28.8 Å². The minimum Gasteiger partial charge on any atom is -0.396 e. The summed E-state index contributed by atoms with van der Waals surface area (Å²) in [6, 6.07) is 15.2. The standard InChI is InChI=1S/C17H19NO2/c1-2-14-5-3-4-6-16(14)17(20)18-15-9-7-13(8-10-15)11-12-19/h3-10,19H,2,11-12H2,1H3,(H,18,20).